The fraction of sp³-hybridized carbons (Fsp3) is 0.143. The van der Waals surface area contributed by atoms with Crippen molar-refractivity contribution >= 4 is 41.2 Å². The Balaban J connectivity index is 1.91. The molecule has 0 bridgehead atoms. The normalized spacial score (nSPS) is 10.9. The quantitative estimate of drug-likeness (QED) is 0.122. The molecule has 0 atom stereocenters. The molecule has 0 radical (unpaired) electrons. The molecule has 0 unspecified atom stereocenters. The zero-order chi connectivity index (χ0) is 25.9. The maximum Gasteiger partial charge on any atom is 0.340 e. The van der Waals surface area contributed by atoms with Crippen LogP contribution in [0.5, 0.6) is 0 Å². The predicted molar refractivity (Wildman–Crippen MR) is 137 cm³/mol. The van der Waals surface area contributed by atoms with Crippen molar-refractivity contribution in [3.63, 3.8) is 0 Å². The Kier molecular flexibility index (Phi) is 9.11. The summed E-state index contributed by atoms with van der Waals surface area (Å²) < 4.78 is 5.27. The molecule has 0 saturated carbocycles. The summed E-state index contributed by atoms with van der Waals surface area (Å²) in [6.45, 7) is 2.23. The second kappa shape index (κ2) is 12.7. The molecule has 0 spiro atoms. The first kappa shape index (κ1) is 25.9. The van der Waals surface area contributed by atoms with Crippen molar-refractivity contribution < 1.29 is 29.0 Å². The van der Waals surface area contributed by atoms with E-state index in [9.17, 15) is 24.3 Å². The van der Waals surface area contributed by atoms with E-state index < -0.39 is 23.8 Å². The monoisotopic (exact) mass is 486 g/mol. The molecule has 8 heteroatoms. The third kappa shape index (κ3) is 6.89. The Morgan fingerprint density at radius 3 is 1.89 bits per heavy atom. The average molecular weight is 487 g/mol. The molecule has 3 N–H and O–H groups in total. The summed E-state index contributed by atoms with van der Waals surface area (Å²) in [5, 5.41) is 14.6. The van der Waals surface area contributed by atoms with Gasteiger partial charge < -0.3 is 20.5 Å². The molecule has 0 aliphatic rings. The number of carboxylic acids is 1. The van der Waals surface area contributed by atoms with Gasteiger partial charge in [0, 0.05) is 0 Å². The lowest BCUT2D eigenvalue weighted by Gasteiger charge is -2.14. The van der Waals surface area contributed by atoms with Gasteiger partial charge in [0.1, 0.15) is 5.57 Å². The van der Waals surface area contributed by atoms with Crippen LogP contribution in [0.4, 0.5) is 11.4 Å². The maximum absolute atomic E-state index is 13.3. The highest BCUT2D eigenvalue weighted by molar-refractivity contribution is 6.29. The van der Waals surface area contributed by atoms with E-state index in [4.69, 9.17) is 4.74 Å². The minimum absolute atomic E-state index is 0.0432. The van der Waals surface area contributed by atoms with Crippen molar-refractivity contribution in [3.05, 3.63) is 101 Å². The van der Waals surface area contributed by atoms with Gasteiger partial charge in [0.25, 0.3) is 11.8 Å². The first-order chi connectivity index (χ1) is 17.4. The van der Waals surface area contributed by atoms with Crippen LogP contribution in [-0.2, 0) is 14.3 Å². The van der Waals surface area contributed by atoms with Gasteiger partial charge >= 0.3 is 11.9 Å². The van der Waals surface area contributed by atoms with Crippen LogP contribution in [0.1, 0.15) is 46.0 Å². The number of nitrogens with one attached hydrogen (secondary N) is 2. The zero-order valence-corrected chi connectivity index (χ0v) is 19.7. The molecule has 0 saturated heterocycles. The van der Waals surface area contributed by atoms with E-state index in [1.807, 2.05) is 6.92 Å². The number of anilines is 2. The zero-order valence-electron chi connectivity index (χ0n) is 19.7. The van der Waals surface area contributed by atoms with Gasteiger partial charge in [0.05, 0.1) is 29.1 Å². The van der Waals surface area contributed by atoms with E-state index in [-0.39, 0.29) is 34.7 Å². The molecule has 0 aromatic heterocycles. The number of ether oxygens (including phenoxy) is 1. The van der Waals surface area contributed by atoms with E-state index in [0.29, 0.717) is 12.0 Å². The van der Waals surface area contributed by atoms with E-state index in [0.717, 1.165) is 6.42 Å². The third-order valence-corrected chi connectivity index (χ3v) is 5.13. The SMILES string of the molecule is CCCCOC(=O)c1ccccc1NC(=O)C(=Cc1ccccc1)C(=O)Nc1ccccc1C(=O)O. The molecule has 3 aromatic rings. The summed E-state index contributed by atoms with van der Waals surface area (Å²) >= 11 is 0. The number of hydrogen-bond donors (Lipinski definition) is 3. The predicted octanol–water partition coefficient (Wildman–Crippen LogP) is 5.00. The Bertz CT molecular complexity index is 1280. The van der Waals surface area contributed by atoms with Gasteiger partial charge in [0.15, 0.2) is 0 Å². The largest absolute Gasteiger partial charge is 0.478 e. The molecule has 8 nitrogen and oxygen atoms in total. The van der Waals surface area contributed by atoms with Crippen LogP contribution in [0.15, 0.2) is 84.4 Å². The highest BCUT2D eigenvalue weighted by Gasteiger charge is 2.23. The highest BCUT2D eigenvalue weighted by Crippen LogP contribution is 2.20. The second-order valence-electron chi connectivity index (χ2n) is 7.76. The van der Waals surface area contributed by atoms with Gasteiger partial charge in [-0.25, -0.2) is 9.59 Å². The Labute approximate surface area is 208 Å². The van der Waals surface area contributed by atoms with Crippen molar-refractivity contribution in [3.8, 4) is 0 Å². The van der Waals surface area contributed by atoms with E-state index >= 15 is 0 Å². The maximum atomic E-state index is 13.3. The molecule has 3 aromatic carbocycles. The van der Waals surface area contributed by atoms with Crippen LogP contribution in [0.3, 0.4) is 0 Å². The van der Waals surface area contributed by atoms with Gasteiger partial charge in [-0.05, 0) is 42.3 Å². The van der Waals surface area contributed by atoms with Gasteiger partial charge in [-0.3, -0.25) is 9.59 Å². The van der Waals surface area contributed by atoms with Crippen molar-refractivity contribution in [1.82, 2.24) is 0 Å². The fourth-order valence-electron chi connectivity index (χ4n) is 3.27. The number of aromatic carboxylic acids is 1. The smallest absolute Gasteiger partial charge is 0.340 e. The second-order valence-corrected chi connectivity index (χ2v) is 7.76. The van der Waals surface area contributed by atoms with Crippen LogP contribution in [0.25, 0.3) is 6.08 Å². The Morgan fingerprint density at radius 2 is 1.31 bits per heavy atom. The minimum atomic E-state index is -1.22. The van der Waals surface area contributed by atoms with Crippen molar-refractivity contribution in [2.45, 2.75) is 19.8 Å². The molecule has 0 aliphatic heterocycles. The van der Waals surface area contributed by atoms with Gasteiger partial charge in [-0.1, -0.05) is 67.9 Å². The molecule has 0 aliphatic carbocycles. The number of hydrogen-bond acceptors (Lipinski definition) is 5. The number of para-hydroxylation sites is 2. The molecule has 184 valence electrons. The number of carbonyl (C=O) groups is 4. The number of rotatable bonds is 10. The van der Waals surface area contributed by atoms with Gasteiger partial charge in [0.2, 0.25) is 0 Å². The lowest BCUT2D eigenvalue weighted by Crippen LogP contribution is -2.26. The molecule has 3 rings (SSSR count). The highest BCUT2D eigenvalue weighted by atomic mass is 16.5. The first-order valence-electron chi connectivity index (χ1n) is 11.4. The topological polar surface area (TPSA) is 122 Å². The van der Waals surface area contributed by atoms with E-state index in [2.05, 4.69) is 10.6 Å². The molecule has 0 heterocycles. The Morgan fingerprint density at radius 1 is 0.778 bits per heavy atom. The molecule has 36 heavy (non-hydrogen) atoms. The van der Waals surface area contributed by atoms with Crippen LogP contribution in [-0.4, -0.2) is 35.5 Å². The number of unbranched alkanes of at least 4 members (excludes halogenated alkanes) is 1. The number of carboxylic acid groups (broad SMARTS) is 1. The summed E-state index contributed by atoms with van der Waals surface area (Å²) in [5.74, 6) is -3.40. The van der Waals surface area contributed by atoms with Crippen molar-refractivity contribution in [2.75, 3.05) is 17.2 Å². The minimum Gasteiger partial charge on any atom is -0.478 e. The van der Waals surface area contributed by atoms with Crippen LogP contribution >= 0.6 is 0 Å². The van der Waals surface area contributed by atoms with Crippen LogP contribution in [0.2, 0.25) is 0 Å². The summed E-state index contributed by atoms with van der Waals surface area (Å²) in [7, 11) is 0. The summed E-state index contributed by atoms with van der Waals surface area (Å²) in [6.07, 6.45) is 2.96. The number of carbonyl (C=O) groups excluding carboxylic acids is 3. The summed E-state index contributed by atoms with van der Waals surface area (Å²) in [6, 6.07) is 20.9. The van der Waals surface area contributed by atoms with Gasteiger partial charge in [-0.2, -0.15) is 0 Å². The molecule has 2 amide bonds. The lowest BCUT2D eigenvalue weighted by atomic mass is 10.1. The molecule has 0 fully saturated rings. The Hall–Kier alpha value is -4.72. The number of esters is 1. The average Bonchev–Trinajstić information content (AvgIpc) is 2.88. The standard InChI is InChI=1S/C28H26N2O6/c1-2-3-17-36-28(35)21-14-8-10-16-24(21)30-26(32)22(18-19-11-5-4-6-12-19)25(31)29-23-15-9-7-13-20(23)27(33)34/h4-16,18H,2-3,17H2,1H3,(H,29,31)(H,30,32)(H,33,34). The molecular weight excluding hydrogens is 460 g/mol. The first-order valence-corrected chi connectivity index (χ1v) is 11.4. The lowest BCUT2D eigenvalue weighted by molar-refractivity contribution is -0.118. The van der Waals surface area contributed by atoms with Crippen LogP contribution < -0.4 is 10.6 Å². The number of benzene rings is 3. The van der Waals surface area contributed by atoms with E-state index in [1.54, 1.807) is 48.5 Å². The summed E-state index contributed by atoms with van der Waals surface area (Å²) in [5.41, 5.74) is 0.554. The van der Waals surface area contributed by atoms with Crippen molar-refractivity contribution in [2.24, 2.45) is 0 Å². The third-order valence-electron chi connectivity index (χ3n) is 5.13. The van der Waals surface area contributed by atoms with Crippen LogP contribution in [0, 0.1) is 0 Å². The summed E-state index contributed by atoms with van der Waals surface area (Å²) in [4.78, 5) is 50.6. The number of amides is 2. The molecular formula is C28H26N2O6. The van der Waals surface area contributed by atoms with E-state index in [1.165, 1.54) is 36.4 Å². The van der Waals surface area contributed by atoms with Gasteiger partial charge in [-0.15, -0.1) is 0 Å². The fourth-order valence-corrected chi connectivity index (χ4v) is 3.27. The van der Waals surface area contributed by atoms with Crippen molar-refractivity contribution in [1.29, 1.82) is 0 Å².